The first kappa shape index (κ1) is 14.8. The smallest absolute Gasteiger partial charge is 0.317 e. The number of rotatable bonds is 6. The lowest BCUT2D eigenvalue weighted by atomic mass is 9.98. The Morgan fingerprint density at radius 1 is 1.22 bits per heavy atom. The molecular formula is C12H22N2O4. The number of carboxylic acid groups (broad SMARTS) is 1. The van der Waals surface area contributed by atoms with Crippen molar-refractivity contribution in [2.45, 2.75) is 32.1 Å². The summed E-state index contributed by atoms with van der Waals surface area (Å²) in [6, 6.07) is -0.0817. The third kappa shape index (κ3) is 5.35. The Kier molecular flexibility index (Phi) is 6.49. The number of carboxylic acids is 1. The van der Waals surface area contributed by atoms with Crippen LogP contribution in [0.15, 0.2) is 0 Å². The highest BCUT2D eigenvalue weighted by Gasteiger charge is 2.21. The van der Waals surface area contributed by atoms with Gasteiger partial charge in [-0.25, -0.2) is 4.79 Å². The fourth-order valence-corrected chi connectivity index (χ4v) is 2.03. The van der Waals surface area contributed by atoms with Gasteiger partial charge in [0.1, 0.15) is 0 Å². The van der Waals surface area contributed by atoms with Crippen LogP contribution in [-0.4, -0.2) is 53.4 Å². The van der Waals surface area contributed by atoms with Crippen LogP contribution >= 0.6 is 0 Å². The lowest BCUT2D eigenvalue weighted by Crippen LogP contribution is -2.45. The van der Waals surface area contributed by atoms with Crippen molar-refractivity contribution in [2.75, 3.05) is 26.2 Å². The van der Waals surface area contributed by atoms with Crippen LogP contribution in [0.25, 0.3) is 0 Å². The number of aliphatic hydroxyl groups is 1. The maximum atomic E-state index is 11.7. The van der Waals surface area contributed by atoms with Gasteiger partial charge in [0, 0.05) is 32.7 Å². The van der Waals surface area contributed by atoms with Gasteiger partial charge in [0.15, 0.2) is 0 Å². The van der Waals surface area contributed by atoms with Gasteiger partial charge in [-0.05, 0) is 31.6 Å². The second-order valence-electron chi connectivity index (χ2n) is 4.70. The molecule has 1 rings (SSSR count). The summed E-state index contributed by atoms with van der Waals surface area (Å²) in [5, 5.41) is 20.2. The molecule has 0 atom stereocenters. The molecule has 18 heavy (non-hydrogen) atoms. The summed E-state index contributed by atoms with van der Waals surface area (Å²) in [6.45, 7) is 2.09. The molecule has 3 N–H and O–H groups in total. The Morgan fingerprint density at radius 3 is 2.44 bits per heavy atom. The predicted octanol–water partition coefficient (Wildman–Crippen LogP) is 0.655. The summed E-state index contributed by atoms with van der Waals surface area (Å²) in [5.74, 6) is -0.475. The van der Waals surface area contributed by atoms with Crippen LogP contribution in [-0.2, 0) is 4.79 Å². The Bertz CT molecular complexity index is 275. The summed E-state index contributed by atoms with van der Waals surface area (Å²) in [5.41, 5.74) is 0. The van der Waals surface area contributed by atoms with Gasteiger partial charge in [-0.3, -0.25) is 4.79 Å². The van der Waals surface area contributed by atoms with Gasteiger partial charge in [-0.1, -0.05) is 0 Å². The highest BCUT2D eigenvalue weighted by molar-refractivity contribution is 5.74. The Hall–Kier alpha value is -1.30. The zero-order chi connectivity index (χ0) is 13.4. The largest absolute Gasteiger partial charge is 0.481 e. The second kappa shape index (κ2) is 7.92. The molecule has 1 saturated heterocycles. The first-order chi connectivity index (χ1) is 8.63. The van der Waals surface area contributed by atoms with Crippen molar-refractivity contribution in [2.24, 2.45) is 5.92 Å². The third-order valence-electron chi connectivity index (χ3n) is 3.25. The van der Waals surface area contributed by atoms with E-state index in [4.69, 9.17) is 10.2 Å². The van der Waals surface area contributed by atoms with Gasteiger partial charge in [0.05, 0.1) is 0 Å². The van der Waals surface area contributed by atoms with Crippen LogP contribution < -0.4 is 5.32 Å². The zero-order valence-electron chi connectivity index (χ0n) is 10.6. The summed E-state index contributed by atoms with van der Waals surface area (Å²) in [4.78, 5) is 23.8. The number of carbonyl (C=O) groups excluding carboxylic acids is 1. The number of nitrogens with zero attached hydrogens (tertiary/aromatic N) is 1. The summed E-state index contributed by atoms with van der Waals surface area (Å²) in [7, 11) is 0. The molecule has 1 aliphatic heterocycles. The van der Waals surface area contributed by atoms with Crippen LogP contribution in [0.3, 0.4) is 0 Å². The van der Waals surface area contributed by atoms with Crippen molar-refractivity contribution in [3.8, 4) is 0 Å². The molecule has 104 valence electrons. The van der Waals surface area contributed by atoms with Crippen molar-refractivity contribution in [1.82, 2.24) is 10.2 Å². The van der Waals surface area contributed by atoms with Crippen molar-refractivity contribution in [3.63, 3.8) is 0 Å². The van der Waals surface area contributed by atoms with E-state index < -0.39 is 5.97 Å². The molecule has 1 fully saturated rings. The van der Waals surface area contributed by atoms with Crippen LogP contribution in [0, 0.1) is 5.92 Å². The van der Waals surface area contributed by atoms with Crippen LogP contribution in [0.2, 0.25) is 0 Å². The van der Waals surface area contributed by atoms with Crippen LogP contribution in [0.1, 0.15) is 32.1 Å². The molecule has 0 radical (unpaired) electrons. The minimum atomic E-state index is -0.799. The molecule has 0 aromatic rings. The molecule has 1 aliphatic rings. The summed E-state index contributed by atoms with van der Waals surface area (Å²) in [6.07, 6.45) is 3.12. The molecule has 0 spiro atoms. The number of hydrogen-bond donors (Lipinski definition) is 3. The number of likely N-dealkylation sites (tertiary alicyclic amines) is 1. The molecule has 0 saturated carbocycles. The Morgan fingerprint density at radius 2 is 1.89 bits per heavy atom. The van der Waals surface area contributed by atoms with E-state index in [0.717, 1.165) is 12.8 Å². The zero-order valence-corrected chi connectivity index (χ0v) is 10.6. The molecule has 0 bridgehead atoms. The van der Waals surface area contributed by atoms with Gasteiger partial charge >= 0.3 is 12.0 Å². The van der Waals surface area contributed by atoms with Crippen molar-refractivity contribution >= 4 is 12.0 Å². The average Bonchev–Trinajstić information content (AvgIpc) is 2.38. The van der Waals surface area contributed by atoms with Crippen molar-refractivity contribution in [1.29, 1.82) is 0 Å². The highest BCUT2D eigenvalue weighted by atomic mass is 16.4. The number of piperidine rings is 1. The van der Waals surface area contributed by atoms with Crippen molar-refractivity contribution < 1.29 is 19.8 Å². The van der Waals surface area contributed by atoms with Crippen molar-refractivity contribution in [3.05, 3.63) is 0 Å². The first-order valence-corrected chi connectivity index (χ1v) is 6.49. The number of urea groups is 1. The van der Waals surface area contributed by atoms with E-state index in [9.17, 15) is 9.59 Å². The molecule has 1 heterocycles. The number of carbonyl (C=O) groups is 2. The van der Waals surface area contributed by atoms with Crippen LogP contribution in [0.5, 0.6) is 0 Å². The topological polar surface area (TPSA) is 89.9 Å². The van der Waals surface area contributed by atoms with Gasteiger partial charge < -0.3 is 20.4 Å². The van der Waals surface area contributed by atoms with E-state index in [1.807, 2.05) is 0 Å². The molecule has 2 amide bonds. The van der Waals surface area contributed by atoms with Crippen LogP contribution in [0.4, 0.5) is 4.79 Å². The number of nitrogens with one attached hydrogen (secondary N) is 1. The number of hydrogen-bond acceptors (Lipinski definition) is 3. The second-order valence-corrected chi connectivity index (χ2v) is 4.70. The lowest BCUT2D eigenvalue weighted by molar-refractivity contribution is -0.137. The van der Waals surface area contributed by atoms with Gasteiger partial charge in [-0.2, -0.15) is 0 Å². The maximum Gasteiger partial charge on any atom is 0.317 e. The molecule has 6 heteroatoms. The first-order valence-electron chi connectivity index (χ1n) is 6.49. The van der Waals surface area contributed by atoms with E-state index in [0.29, 0.717) is 38.4 Å². The molecule has 0 aromatic heterocycles. The van der Waals surface area contributed by atoms with Gasteiger partial charge in [0.2, 0.25) is 0 Å². The van der Waals surface area contributed by atoms with Gasteiger partial charge in [-0.15, -0.1) is 0 Å². The normalized spacial score (nSPS) is 16.6. The minimum Gasteiger partial charge on any atom is -0.481 e. The molecule has 0 aliphatic carbocycles. The molecule has 6 nitrogen and oxygen atoms in total. The standard InChI is InChI=1S/C12H22N2O4/c15-9-10-4-7-14(8-5-10)12(18)13-6-2-1-3-11(16)17/h10,15H,1-9H2,(H,13,18)(H,16,17). The number of amides is 2. The van der Waals surface area contributed by atoms with E-state index in [-0.39, 0.29) is 19.1 Å². The molecule has 0 unspecified atom stereocenters. The average molecular weight is 258 g/mol. The fourth-order valence-electron chi connectivity index (χ4n) is 2.03. The monoisotopic (exact) mass is 258 g/mol. The Balaban J connectivity index is 2.08. The number of unbranched alkanes of at least 4 members (excludes halogenated alkanes) is 1. The van der Waals surface area contributed by atoms with E-state index in [1.165, 1.54) is 0 Å². The van der Waals surface area contributed by atoms with E-state index in [1.54, 1.807) is 4.90 Å². The summed E-state index contributed by atoms with van der Waals surface area (Å²) < 4.78 is 0. The predicted molar refractivity (Wildman–Crippen MR) is 66.3 cm³/mol. The van der Waals surface area contributed by atoms with E-state index in [2.05, 4.69) is 5.32 Å². The van der Waals surface area contributed by atoms with Gasteiger partial charge in [0.25, 0.3) is 0 Å². The highest BCUT2D eigenvalue weighted by Crippen LogP contribution is 2.16. The minimum absolute atomic E-state index is 0.0817. The quantitative estimate of drug-likeness (QED) is 0.610. The maximum absolute atomic E-state index is 11.7. The molecule has 0 aromatic carbocycles. The Labute approximate surface area is 107 Å². The fraction of sp³-hybridized carbons (Fsp3) is 0.833. The lowest BCUT2D eigenvalue weighted by Gasteiger charge is -2.31. The molecular weight excluding hydrogens is 236 g/mol. The number of aliphatic carboxylic acids is 1. The van der Waals surface area contributed by atoms with E-state index >= 15 is 0 Å². The summed E-state index contributed by atoms with van der Waals surface area (Å²) >= 11 is 0. The third-order valence-corrected chi connectivity index (χ3v) is 3.25. The SMILES string of the molecule is O=C(O)CCCCNC(=O)N1CCC(CO)CC1. The number of aliphatic hydroxyl groups excluding tert-OH is 1.